The Kier molecular flexibility index (Phi) is 10.5. The standard InChI is InChI=1S/C43H52Cl2N10O3/c1-51-34-13-18-53(22-17-43-15-9-26(23-43)10-16-43)24-32(34)47-38(51)40(56)49-30-7-3-5-28(36(30)44)29-6-4-8-31(37(29)45)50-41(57)39-48-33-25-55(21-14-35(33)52(39)2)27-11-19-54(20-12-27)42(46)58/h3-8,26-27H,9-25H2,1-2H3,(H2,46,58)(H,49,56)(H,50,57). The van der Waals surface area contributed by atoms with E-state index in [2.05, 4.69) is 20.4 Å². The zero-order chi connectivity index (χ0) is 40.3. The molecule has 0 spiro atoms. The first-order chi connectivity index (χ1) is 28.0. The van der Waals surface area contributed by atoms with Crippen molar-refractivity contribution in [1.29, 1.82) is 0 Å². The summed E-state index contributed by atoms with van der Waals surface area (Å²) in [7, 11) is 3.78. The molecule has 0 unspecified atom stereocenters. The first-order valence-electron chi connectivity index (χ1n) is 20.8. The van der Waals surface area contributed by atoms with Crippen LogP contribution in [-0.2, 0) is 40.0 Å². The molecule has 0 radical (unpaired) electrons. The molecule has 2 aromatic carbocycles. The third-order valence-electron chi connectivity index (χ3n) is 13.9. The number of imidazole rings is 2. The summed E-state index contributed by atoms with van der Waals surface area (Å²) in [4.78, 5) is 55.4. The van der Waals surface area contributed by atoms with E-state index in [0.29, 0.717) is 75.3 Å². The predicted octanol–water partition coefficient (Wildman–Crippen LogP) is 6.86. The van der Waals surface area contributed by atoms with Gasteiger partial charge in [-0.05, 0) is 81.4 Å². The molecule has 5 aliphatic rings. The Bertz CT molecular complexity index is 2270. The van der Waals surface area contributed by atoms with E-state index in [-0.39, 0.29) is 17.8 Å². The lowest BCUT2D eigenvalue weighted by atomic mass is 9.81. The molecule has 13 nitrogen and oxygen atoms in total. The number of halogens is 2. The summed E-state index contributed by atoms with van der Waals surface area (Å²) < 4.78 is 3.79. The van der Waals surface area contributed by atoms with Gasteiger partial charge in [0.15, 0.2) is 11.6 Å². The van der Waals surface area contributed by atoms with Crippen LogP contribution in [0.25, 0.3) is 11.1 Å². The number of carbonyl (C=O) groups is 3. The van der Waals surface area contributed by atoms with Crippen LogP contribution in [0.1, 0.15) is 95.4 Å². The van der Waals surface area contributed by atoms with Crippen LogP contribution in [0.4, 0.5) is 16.2 Å². The van der Waals surface area contributed by atoms with Crippen LogP contribution < -0.4 is 16.4 Å². The van der Waals surface area contributed by atoms with E-state index in [4.69, 9.17) is 38.9 Å². The maximum atomic E-state index is 13.8. The number of urea groups is 1. The zero-order valence-corrected chi connectivity index (χ0v) is 34.8. The van der Waals surface area contributed by atoms with Crippen LogP contribution >= 0.6 is 23.2 Å². The van der Waals surface area contributed by atoms with Crippen LogP contribution in [0.5, 0.6) is 0 Å². The van der Waals surface area contributed by atoms with Crippen LogP contribution in [0.3, 0.4) is 0 Å². The van der Waals surface area contributed by atoms with Gasteiger partial charge in [0.1, 0.15) is 0 Å². The molecule has 306 valence electrons. The molecule has 3 fully saturated rings. The molecule has 4 aromatic rings. The number of benzene rings is 2. The molecule has 2 bridgehead atoms. The van der Waals surface area contributed by atoms with E-state index >= 15 is 0 Å². The van der Waals surface area contributed by atoms with Crippen molar-refractivity contribution in [2.45, 2.75) is 83.3 Å². The highest BCUT2D eigenvalue weighted by Gasteiger charge is 2.44. The maximum Gasteiger partial charge on any atom is 0.314 e. The molecule has 2 aromatic heterocycles. The van der Waals surface area contributed by atoms with Crippen molar-refractivity contribution in [2.24, 2.45) is 31.2 Å². The minimum atomic E-state index is -0.370. The second kappa shape index (κ2) is 15.6. The Morgan fingerprint density at radius 2 is 1.33 bits per heavy atom. The Morgan fingerprint density at radius 1 is 0.776 bits per heavy atom. The monoisotopic (exact) mass is 826 g/mol. The van der Waals surface area contributed by atoms with Crippen molar-refractivity contribution in [1.82, 2.24) is 33.8 Å². The molecule has 2 saturated carbocycles. The molecule has 58 heavy (non-hydrogen) atoms. The van der Waals surface area contributed by atoms with Gasteiger partial charge in [-0.15, -0.1) is 0 Å². The van der Waals surface area contributed by atoms with Gasteiger partial charge in [0.25, 0.3) is 11.8 Å². The topological polar surface area (TPSA) is 147 Å². The van der Waals surface area contributed by atoms with Gasteiger partial charge in [-0.25, -0.2) is 14.8 Å². The lowest BCUT2D eigenvalue weighted by Gasteiger charge is -2.39. The number of aromatic nitrogens is 4. The summed E-state index contributed by atoms with van der Waals surface area (Å²) in [5.74, 6) is 0.924. The summed E-state index contributed by atoms with van der Waals surface area (Å²) in [6.45, 7) is 5.62. The molecule has 1 saturated heterocycles. The highest BCUT2D eigenvalue weighted by atomic mass is 35.5. The summed E-state index contributed by atoms with van der Waals surface area (Å²) >= 11 is 14.0. The van der Waals surface area contributed by atoms with Gasteiger partial charge >= 0.3 is 6.03 Å². The number of piperidine rings is 1. The third kappa shape index (κ3) is 7.28. The summed E-state index contributed by atoms with van der Waals surface area (Å²) in [6, 6.07) is 10.8. The van der Waals surface area contributed by atoms with Crippen molar-refractivity contribution in [3.05, 3.63) is 80.9 Å². The van der Waals surface area contributed by atoms with Crippen LogP contribution in [0.2, 0.25) is 10.0 Å². The van der Waals surface area contributed by atoms with E-state index in [1.807, 2.05) is 47.5 Å². The zero-order valence-electron chi connectivity index (χ0n) is 33.3. The van der Waals surface area contributed by atoms with E-state index in [1.54, 1.807) is 17.0 Å². The quantitative estimate of drug-likeness (QED) is 0.167. The van der Waals surface area contributed by atoms with E-state index < -0.39 is 0 Å². The third-order valence-corrected chi connectivity index (χ3v) is 14.8. The molecule has 3 aliphatic heterocycles. The smallest absolute Gasteiger partial charge is 0.314 e. The molecular formula is C43H52Cl2N10O3. The number of anilines is 2. The van der Waals surface area contributed by atoms with Crippen LogP contribution in [0.15, 0.2) is 36.4 Å². The number of nitrogens with one attached hydrogen (secondary N) is 2. The van der Waals surface area contributed by atoms with Gasteiger partial charge in [-0.3, -0.25) is 19.4 Å². The lowest BCUT2D eigenvalue weighted by molar-refractivity contribution is 0.100. The average molecular weight is 828 g/mol. The van der Waals surface area contributed by atoms with Crippen molar-refractivity contribution >= 4 is 52.4 Å². The summed E-state index contributed by atoms with van der Waals surface area (Å²) in [5, 5.41) is 6.63. The highest BCUT2D eigenvalue weighted by molar-refractivity contribution is 6.40. The largest absolute Gasteiger partial charge is 0.351 e. The minimum Gasteiger partial charge on any atom is -0.351 e. The molecule has 5 heterocycles. The van der Waals surface area contributed by atoms with E-state index in [1.165, 1.54) is 38.5 Å². The fourth-order valence-electron chi connectivity index (χ4n) is 10.6. The molecule has 9 rings (SSSR count). The van der Waals surface area contributed by atoms with Gasteiger partial charge in [-0.1, -0.05) is 47.5 Å². The van der Waals surface area contributed by atoms with Crippen LogP contribution in [0, 0.1) is 11.3 Å². The molecule has 4 amide bonds. The number of nitrogens with zero attached hydrogens (tertiary/aromatic N) is 7. The average Bonchev–Trinajstić information content (AvgIpc) is 4.00. The molecule has 4 N–H and O–H groups in total. The second-order valence-corrected chi connectivity index (χ2v) is 18.0. The van der Waals surface area contributed by atoms with Crippen molar-refractivity contribution in [3.63, 3.8) is 0 Å². The SMILES string of the molecule is Cn1c(C(=O)Nc2cccc(-c3cccc(NC(=O)c4nc5c(n4C)CCN(C4CCN(C(N)=O)CC4)C5)c3Cl)c2Cl)nc2c1CCN(CCC13CCC(CC1)C3)C2. The fraction of sp³-hybridized carbons (Fsp3) is 0.512. The predicted molar refractivity (Wildman–Crippen MR) is 225 cm³/mol. The van der Waals surface area contributed by atoms with Crippen molar-refractivity contribution < 1.29 is 14.4 Å². The minimum absolute atomic E-state index is 0.305. The Balaban J connectivity index is 0.861. The number of hydrogen-bond donors (Lipinski definition) is 3. The van der Waals surface area contributed by atoms with Gasteiger partial charge in [0.2, 0.25) is 0 Å². The number of carbonyl (C=O) groups excluding carboxylic acids is 3. The van der Waals surface area contributed by atoms with Crippen LogP contribution in [-0.4, -0.2) is 90.4 Å². The number of amides is 4. The summed E-state index contributed by atoms with van der Waals surface area (Å²) in [5.41, 5.74) is 12.1. The van der Waals surface area contributed by atoms with Crippen molar-refractivity contribution in [2.75, 3.05) is 43.4 Å². The second-order valence-electron chi connectivity index (χ2n) is 17.2. The van der Waals surface area contributed by atoms with E-state index in [0.717, 1.165) is 80.6 Å². The number of hydrogen-bond acceptors (Lipinski definition) is 7. The first-order valence-corrected chi connectivity index (χ1v) is 21.5. The normalized spacial score (nSPS) is 22.2. The van der Waals surface area contributed by atoms with Gasteiger partial charge in [0, 0.05) is 94.8 Å². The lowest BCUT2D eigenvalue weighted by Crippen LogP contribution is -2.49. The van der Waals surface area contributed by atoms with Gasteiger partial charge in [0.05, 0.1) is 32.8 Å². The molecular weight excluding hydrogens is 775 g/mol. The maximum absolute atomic E-state index is 13.8. The number of likely N-dealkylation sites (tertiary alicyclic amines) is 1. The Morgan fingerprint density at radius 3 is 1.86 bits per heavy atom. The fourth-order valence-corrected chi connectivity index (χ4v) is 11.1. The highest BCUT2D eigenvalue weighted by Crippen LogP contribution is 2.56. The Hall–Kier alpha value is -4.43. The molecule has 0 atom stereocenters. The summed E-state index contributed by atoms with van der Waals surface area (Å²) in [6.07, 6.45) is 11.6. The number of rotatable bonds is 9. The Labute approximate surface area is 349 Å². The first kappa shape index (κ1) is 39.1. The van der Waals surface area contributed by atoms with Gasteiger partial charge in [-0.2, -0.15) is 0 Å². The van der Waals surface area contributed by atoms with E-state index in [9.17, 15) is 14.4 Å². The molecule has 2 aliphatic carbocycles. The molecule has 15 heteroatoms. The number of nitrogens with two attached hydrogens (primary N) is 1. The van der Waals surface area contributed by atoms with Crippen molar-refractivity contribution in [3.8, 4) is 11.1 Å². The number of fused-ring (bicyclic) bond motifs is 4. The van der Waals surface area contributed by atoms with Gasteiger partial charge < -0.3 is 30.4 Å². The number of primary amides is 1.